The van der Waals surface area contributed by atoms with Crippen LogP contribution < -0.4 is 21.5 Å². The van der Waals surface area contributed by atoms with E-state index in [1.54, 1.807) is 6.20 Å². The minimum Gasteiger partial charge on any atom is -0.404 e. The van der Waals surface area contributed by atoms with Gasteiger partial charge in [0.15, 0.2) is 0 Å². The third kappa shape index (κ3) is 2.48. The molecule has 0 aliphatic heterocycles. The zero-order valence-corrected chi connectivity index (χ0v) is 9.85. The van der Waals surface area contributed by atoms with E-state index >= 15 is 0 Å². The summed E-state index contributed by atoms with van der Waals surface area (Å²) < 4.78 is 0. The molecular formula is C15H16N2. The molecular weight excluding hydrogens is 208 g/mol. The molecule has 2 aromatic carbocycles. The van der Waals surface area contributed by atoms with E-state index in [9.17, 15) is 0 Å². The Morgan fingerprint density at radius 1 is 1.00 bits per heavy atom. The highest BCUT2D eigenvalue weighted by molar-refractivity contribution is 5.61. The van der Waals surface area contributed by atoms with Gasteiger partial charge in [0.25, 0.3) is 0 Å². The molecule has 0 saturated carbocycles. The fourth-order valence-corrected chi connectivity index (χ4v) is 1.84. The van der Waals surface area contributed by atoms with Crippen LogP contribution in [0.25, 0.3) is 12.3 Å². The van der Waals surface area contributed by atoms with Crippen LogP contribution >= 0.6 is 0 Å². The smallest absolute Gasteiger partial charge is 0.0461 e. The fourth-order valence-electron chi connectivity index (χ4n) is 1.84. The maximum Gasteiger partial charge on any atom is 0.0461 e. The SMILES string of the molecule is C/C=c1/c(Nc2ccccc2)ccc/c1=C/N. The van der Waals surface area contributed by atoms with Crippen LogP contribution in [-0.4, -0.2) is 0 Å². The van der Waals surface area contributed by atoms with E-state index in [2.05, 4.69) is 17.5 Å². The first-order valence-electron chi connectivity index (χ1n) is 5.64. The predicted molar refractivity (Wildman–Crippen MR) is 74.2 cm³/mol. The number of anilines is 2. The Bertz CT molecular complexity index is 601. The Kier molecular flexibility index (Phi) is 3.46. The number of nitrogens with two attached hydrogens (primary N) is 1. The Balaban J connectivity index is 2.48. The second kappa shape index (κ2) is 5.21. The molecule has 0 amide bonds. The lowest BCUT2D eigenvalue weighted by Crippen LogP contribution is -2.27. The number of para-hydroxylation sites is 1. The van der Waals surface area contributed by atoms with Gasteiger partial charge in [-0.3, -0.25) is 0 Å². The van der Waals surface area contributed by atoms with Crippen LogP contribution in [0.2, 0.25) is 0 Å². The summed E-state index contributed by atoms with van der Waals surface area (Å²) >= 11 is 0. The molecule has 0 radical (unpaired) electrons. The molecule has 0 atom stereocenters. The van der Waals surface area contributed by atoms with Gasteiger partial charge >= 0.3 is 0 Å². The van der Waals surface area contributed by atoms with Crippen LogP contribution in [0.15, 0.2) is 48.5 Å². The zero-order valence-electron chi connectivity index (χ0n) is 9.85. The molecule has 0 heterocycles. The van der Waals surface area contributed by atoms with Gasteiger partial charge in [-0.25, -0.2) is 0 Å². The Morgan fingerprint density at radius 2 is 1.76 bits per heavy atom. The molecule has 0 aromatic heterocycles. The van der Waals surface area contributed by atoms with Gasteiger partial charge in [0, 0.05) is 22.8 Å². The minimum absolute atomic E-state index is 1.04. The maximum atomic E-state index is 5.62. The summed E-state index contributed by atoms with van der Waals surface area (Å²) in [4.78, 5) is 0. The van der Waals surface area contributed by atoms with Gasteiger partial charge in [-0.05, 0) is 30.3 Å². The standard InChI is InChI=1S/C15H16N2/c1-2-14-12(11-16)7-6-10-15(14)17-13-8-4-3-5-9-13/h2-11,17H,16H2,1H3/b12-11-,14-2+. The molecule has 86 valence electrons. The van der Waals surface area contributed by atoms with Gasteiger partial charge in [0.05, 0.1) is 0 Å². The van der Waals surface area contributed by atoms with Crippen molar-refractivity contribution in [1.29, 1.82) is 0 Å². The van der Waals surface area contributed by atoms with E-state index in [1.807, 2.05) is 49.4 Å². The van der Waals surface area contributed by atoms with Crippen molar-refractivity contribution in [2.75, 3.05) is 5.32 Å². The van der Waals surface area contributed by atoms with E-state index in [-0.39, 0.29) is 0 Å². The lowest BCUT2D eigenvalue weighted by atomic mass is 10.2. The van der Waals surface area contributed by atoms with E-state index in [0.29, 0.717) is 0 Å². The average Bonchev–Trinajstić information content (AvgIpc) is 2.39. The van der Waals surface area contributed by atoms with E-state index in [1.165, 1.54) is 0 Å². The first-order chi connectivity index (χ1) is 8.35. The quantitative estimate of drug-likeness (QED) is 0.818. The predicted octanol–water partition coefficient (Wildman–Crippen LogP) is 1.93. The molecule has 0 bridgehead atoms. The van der Waals surface area contributed by atoms with Crippen molar-refractivity contribution >= 4 is 23.7 Å². The van der Waals surface area contributed by atoms with Crippen LogP contribution in [-0.2, 0) is 0 Å². The summed E-state index contributed by atoms with van der Waals surface area (Å²) in [5, 5.41) is 5.55. The summed E-state index contributed by atoms with van der Waals surface area (Å²) in [7, 11) is 0. The molecule has 0 aliphatic carbocycles. The van der Waals surface area contributed by atoms with Crippen molar-refractivity contribution in [2.24, 2.45) is 5.73 Å². The third-order valence-corrected chi connectivity index (χ3v) is 2.66. The minimum atomic E-state index is 1.04. The normalized spacial score (nSPS) is 12.8. The molecule has 0 aliphatic rings. The van der Waals surface area contributed by atoms with Gasteiger partial charge in [0.2, 0.25) is 0 Å². The van der Waals surface area contributed by atoms with Crippen molar-refractivity contribution in [3.63, 3.8) is 0 Å². The highest BCUT2D eigenvalue weighted by atomic mass is 14.9. The number of hydrogen-bond donors (Lipinski definition) is 2. The van der Waals surface area contributed by atoms with Crippen LogP contribution in [0.5, 0.6) is 0 Å². The number of benzene rings is 2. The Labute approximate surface area is 101 Å². The van der Waals surface area contributed by atoms with Crippen molar-refractivity contribution < 1.29 is 0 Å². The van der Waals surface area contributed by atoms with Crippen molar-refractivity contribution in [1.82, 2.24) is 0 Å². The van der Waals surface area contributed by atoms with Gasteiger partial charge in [-0.1, -0.05) is 36.4 Å². The van der Waals surface area contributed by atoms with Crippen LogP contribution in [0, 0.1) is 0 Å². The molecule has 0 fully saturated rings. The van der Waals surface area contributed by atoms with Gasteiger partial charge in [-0.15, -0.1) is 0 Å². The highest BCUT2D eigenvalue weighted by Gasteiger charge is 1.96. The third-order valence-electron chi connectivity index (χ3n) is 2.66. The molecule has 3 N–H and O–H groups in total. The monoisotopic (exact) mass is 224 g/mol. The molecule has 2 heteroatoms. The average molecular weight is 224 g/mol. The molecule has 0 saturated heterocycles. The first kappa shape index (κ1) is 11.3. The van der Waals surface area contributed by atoms with Crippen molar-refractivity contribution in [2.45, 2.75) is 6.92 Å². The second-order valence-electron chi connectivity index (χ2n) is 3.75. The maximum absolute atomic E-state index is 5.62. The Morgan fingerprint density at radius 3 is 2.41 bits per heavy atom. The molecule has 2 nitrogen and oxygen atoms in total. The summed E-state index contributed by atoms with van der Waals surface area (Å²) in [5.74, 6) is 0. The number of rotatable bonds is 2. The first-order valence-corrected chi connectivity index (χ1v) is 5.64. The summed E-state index contributed by atoms with van der Waals surface area (Å²) in [5.41, 5.74) is 7.76. The molecule has 2 rings (SSSR count). The van der Waals surface area contributed by atoms with Crippen LogP contribution in [0.3, 0.4) is 0 Å². The summed E-state index contributed by atoms with van der Waals surface area (Å²) in [6.45, 7) is 2.01. The lowest BCUT2D eigenvalue weighted by Gasteiger charge is -2.07. The van der Waals surface area contributed by atoms with Gasteiger partial charge in [-0.2, -0.15) is 0 Å². The van der Waals surface area contributed by atoms with Crippen molar-refractivity contribution in [3.8, 4) is 0 Å². The largest absolute Gasteiger partial charge is 0.404 e. The highest BCUT2D eigenvalue weighted by Crippen LogP contribution is 2.10. The van der Waals surface area contributed by atoms with Gasteiger partial charge < -0.3 is 11.1 Å². The van der Waals surface area contributed by atoms with E-state index in [4.69, 9.17) is 5.73 Å². The second-order valence-corrected chi connectivity index (χ2v) is 3.75. The van der Waals surface area contributed by atoms with E-state index in [0.717, 1.165) is 21.8 Å². The van der Waals surface area contributed by atoms with E-state index < -0.39 is 0 Å². The fraction of sp³-hybridized carbons (Fsp3) is 0.0667. The molecule has 2 aromatic rings. The number of nitrogens with one attached hydrogen (secondary N) is 1. The Hall–Kier alpha value is -2.22. The van der Waals surface area contributed by atoms with Gasteiger partial charge in [0.1, 0.15) is 0 Å². The summed E-state index contributed by atoms with van der Waals surface area (Å²) in [6, 6.07) is 16.2. The molecule has 0 spiro atoms. The zero-order chi connectivity index (χ0) is 12.1. The lowest BCUT2D eigenvalue weighted by molar-refractivity contribution is 1.44. The molecule has 0 unspecified atom stereocenters. The van der Waals surface area contributed by atoms with Crippen molar-refractivity contribution in [3.05, 3.63) is 59.0 Å². The van der Waals surface area contributed by atoms with Crippen LogP contribution in [0.1, 0.15) is 6.92 Å². The number of hydrogen-bond acceptors (Lipinski definition) is 2. The van der Waals surface area contributed by atoms with Crippen LogP contribution in [0.4, 0.5) is 11.4 Å². The topological polar surface area (TPSA) is 38.0 Å². The summed E-state index contributed by atoms with van der Waals surface area (Å²) in [6.07, 6.45) is 3.69. The molecule has 17 heavy (non-hydrogen) atoms.